The summed E-state index contributed by atoms with van der Waals surface area (Å²) in [6.45, 7) is 2.89. The van der Waals surface area contributed by atoms with Gasteiger partial charge in [-0.15, -0.1) is 0 Å². The topological polar surface area (TPSA) is 71.9 Å². The van der Waals surface area contributed by atoms with Crippen molar-refractivity contribution in [3.63, 3.8) is 0 Å². The van der Waals surface area contributed by atoms with Crippen LogP contribution in [0.5, 0.6) is 0 Å². The van der Waals surface area contributed by atoms with Gasteiger partial charge in [-0.2, -0.15) is 0 Å². The van der Waals surface area contributed by atoms with Gasteiger partial charge in [-0.05, 0) is 31.5 Å². The van der Waals surface area contributed by atoms with E-state index in [0.29, 0.717) is 16.7 Å². The zero-order valence-electron chi connectivity index (χ0n) is 11.8. The number of nitrogens with one attached hydrogen (secondary N) is 1. The van der Waals surface area contributed by atoms with Crippen molar-refractivity contribution in [3.8, 4) is 0 Å². The Bertz CT molecular complexity index is 788. The molecule has 0 spiro atoms. The van der Waals surface area contributed by atoms with Crippen molar-refractivity contribution in [1.29, 1.82) is 0 Å². The van der Waals surface area contributed by atoms with Crippen LogP contribution in [-0.4, -0.2) is 15.6 Å². The second-order valence-electron chi connectivity index (χ2n) is 4.92. The molecule has 0 amide bonds. The van der Waals surface area contributed by atoms with E-state index < -0.39 is 0 Å². The van der Waals surface area contributed by atoms with E-state index >= 15 is 0 Å². The summed E-state index contributed by atoms with van der Waals surface area (Å²) in [5, 5.41) is 2.38. The Kier molecular flexibility index (Phi) is 4.16. The van der Waals surface area contributed by atoms with Crippen LogP contribution < -0.4 is 11.1 Å². The van der Waals surface area contributed by atoms with Crippen LogP contribution in [0.3, 0.4) is 0 Å². The van der Waals surface area contributed by atoms with E-state index in [-0.39, 0.29) is 35.7 Å². The van der Waals surface area contributed by atoms with Crippen LogP contribution in [-0.2, 0) is 17.8 Å². The molecule has 2 rings (SSSR count). The van der Waals surface area contributed by atoms with Gasteiger partial charge < -0.3 is 0 Å². The van der Waals surface area contributed by atoms with Crippen molar-refractivity contribution < 1.29 is 9.18 Å². The largest absolute Gasteiger partial charge is 0.297 e. The normalized spacial score (nSPS) is 10.6. The Hall–Kier alpha value is -2.50. The van der Waals surface area contributed by atoms with E-state index in [2.05, 4.69) is 5.10 Å². The lowest BCUT2D eigenvalue weighted by Gasteiger charge is -2.07. The number of halogens is 1. The van der Waals surface area contributed by atoms with Crippen molar-refractivity contribution in [2.75, 3.05) is 0 Å². The number of rotatable bonds is 4. The fraction of sp³-hybridized carbons (Fsp3) is 0.267. The molecule has 0 bridgehead atoms. The first-order chi connectivity index (χ1) is 9.88. The lowest BCUT2D eigenvalue weighted by molar-refractivity contribution is -0.119. The summed E-state index contributed by atoms with van der Waals surface area (Å²) in [7, 11) is 0. The number of H-pyrrole nitrogens is 1. The third-order valence-electron chi connectivity index (χ3n) is 3.35. The minimum absolute atomic E-state index is 0.0711. The number of nitrogens with zero attached hydrogens (tertiary/aromatic N) is 1. The van der Waals surface area contributed by atoms with Crippen LogP contribution in [0, 0.1) is 19.7 Å². The number of benzene rings is 1. The van der Waals surface area contributed by atoms with Crippen LogP contribution in [0.2, 0.25) is 0 Å². The molecular weight excluding hydrogens is 275 g/mol. The molecule has 0 atom stereocenters. The number of carbonyl (C=O) groups is 1. The third-order valence-corrected chi connectivity index (χ3v) is 3.35. The van der Waals surface area contributed by atoms with Crippen molar-refractivity contribution in [1.82, 2.24) is 9.78 Å². The van der Waals surface area contributed by atoms with Gasteiger partial charge >= 0.3 is 0 Å². The fourth-order valence-electron chi connectivity index (χ4n) is 1.96. The standard InChI is InChI=1S/C15H15FN2O3/c1-9-10(2)15(21)18(17-14(9)20)8-13(19)7-11-3-5-12(16)6-4-11/h3-6H,7-8H2,1-2H3,(H,17,20). The van der Waals surface area contributed by atoms with Crippen LogP contribution in [0.25, 0.3) is 0 Å². The van der Waals surface area contributed by atoms with Crippen LogP contribution in [0.15, 0.2) is 33.9 Å². The predicted octanol–water partition coefficient (Wildman–Crippen LogP) is 1.10. The Morgan fingerprint density at radius 3 is 2.38 bits per heavy atom. The maximum atomic E-state index is 12.8. The molecule has 21 heavy (non-hydrogen) atoms. The number of Topliss-reactive ketones (excluding diaryl/α,β-unsaturated/α-hetero) is 1. The minimum atomic E-state index is -0.389. The SMILES string of the molecule is Cc1c(C)c(=O)n(CC(=O)Cc2ccc(F)cc2)[nH]c1=O. The average molecular weight is 290 g/mol. The van der Waals surface area contributed by atoms with E-state index in [1.807, 2.05) is 0 Å². The van der Waals surface area contributed by atoms with Gasteiger partial charge in [0.25, 0.3) is 11.1 Å². The Labute approximate surface area is 120 Å². The average Bonchev–Trinajstić information content (AvgIpc) is 2.45. The molecule has 0 aliphatic rings. The van der Waals surface area contributed by atoms with Crippen molar-refractivity contribution in [3.05, 3.63) is 67.5 Å². The fourth-order valence-corrected chi connectivity index (χ4v) is 1.96. The lowest BCUT2D eigenvalue weighted by Crippen LogP contribution is -2.35. The maximum absolute atomic E-state index is 12.8. The van der Waals surface area contributed by atoms with E-state index in [1.165, 1.54) is 24.3 Å². The van der Waals surface area contributed by atoms with Gasteiger partial charge in [0.05, 0.1) is 0 Å². The van der Waals surface area contributed by atoms with Crippen molar-refractivity contribution in [2.24, 2.45) is 0 Å². The molecular formula is C15H15FN2O3. The van der Waals surface area contributed by atoms with Gasteiger partial charge in [0.2, 0.25) is 0 Å². The second kappa shape index (κ2) is 5.87. The van der Waals surface area contributed by atoms with Gasteiger partial charge in [0.1, 0.15) is 12.4 Å². The molecule has 6 heteroatoms. The van der Waals surface area contributed by atoms with E-state index in [9.17, 15) is 18.8 Å². The molecule has 110 valence electrons. The zero-order chi connectivity index (χ0) is 15.6. The molecule has 0 unspecified atom stereocenters. The van der Waals surface area contributed by atoms with Crippen LogP contribution in [0.4, 0.5) is 4.39 Å². The van der Waals surface area contributed by atoms with Crippen molar-refractivity contribution >= 4 is 5.78 Å². The summed E-state index contributed by atoms with van der Waals surface area (Å²) in [5.74, 6) is -0.622. The van der Waals surface area contributed by atoms with Gasteiger partial charge in [-0.25, -0.2) is 9.07 Å². The van der Waals surface area contributed by atoms with Crippen molar-refractivity contribution in [2.45, 2.75) is 26.8 Å². The first-order valence-corrected chi connectivity index (χ1v) is 6.45. The molecule has 1 aromatic carbocycles. The summed E-state index contributed by atoms with van der Waals surface area (Å²) in [5.41, 5.74) is 0.553. The minimum Gasteiger partial charge on any atom is -0.297 e. The highest BCUT2D eigenvalue weighted by Crippen LogP contribution is 2.04. The maximum Gasteiger partial charge on any atom is 0.268 e. The molecule has 0 aliphatic carbocycles. The highest BCUT2D eigenvalue weighted by Gasteiger charge is 2.11. The number of hydrogen-bond acceptors (Lipinski definition) is 3. The monoisotopic (exact) mass is 290 g/mol. The van der Waals surface area contributed by atoms with E-state index in [4.69, 9.17) is 0 Å². The third kappa shape index (κ3) is 3.34. The molecule has 0 aliphatic heterocycles. The van der Waals surface area contributed by atoms with Gasteiger partial charge in [0, 0.05) is 17.5 Å². The number of hydrogen-bond donors (Lipinski definition) is 1. The first kappa shape index (κ1) is 14.9. The molecule has 2 aromatic rings. The number of ketones is 1. The highest BCUT2D eigenvalue weighted by atomic mass is 19.1. The Balaban J connectivity index is 2.19. The lowest BCUT2D eigenvalue weighted by atomic mass is 10.1. The first-order valence-electron chi connectivity index (χ1n) is 6.45. The van der Waals surface area contributed by atoms with E-state index in [1.54, 1.807) is 13.8 Å². The summed E-state index contributed by atoms with van der Waals surface area (Å²) >= 11 is 0. The summed E-state index contributed by atoms with van der Waals surface area (Å²) in [4.78, 5) is 35.5. The molecule has 5 nitrogen and oxygen atoms in total. The molecule has 0 radical (unpaired) electrons. The molecule has 1 aromatic heterocycles. The molecule has 0 saturated carbocycles. The number of aromatic amines is 1. The Morgan fingerprint density at radius 2 is 1.76 bits per heavy atom. The van der Waals surface area contributed by atoms with Crippen LogP contribution >= 0.6 is 0 Å². The number of carbonyl (C=O) groups excluding carboxylic acids is 1. The van der Waals surface area contributed by atoms with Gasteiger partial charge in [-0.3, -0.25) is 19.5 Å². The van der Waals surface area contributed by atoms with Gasteiger partial charge in [0.15, 0.2) is 5.78 Å². The van der Waals surface area contributed by atoms with Crippen LogP contribution in [0.1, 0.15) is 16.7 Å². The van der Waals surface area contributed by atoms with Gasteiger partial charge in [-0.1, -0.05) is 12.1 Å². The van der Waals surface area contributed by atoms with E-state index in [0.717, 1.165) is 4.68 Å². The molecule has 1 heterocycles. The Morgan fingerprint density at radius 1 is 1.14 bits per heavy atom. The predicted molar refractivity (Wildman–Crippen MR) is 75.9 cm³/mol. The molecule has 0 saturated heterocycles. The zero-order valence-corrected chi connectivity index (χ0v) is 11.8. The summed E-state index contributed by atoms with van der Waals surface area (Å²) in [6, 6.07) is 5.57. The second-order valence-corrected chi connectivity index (χ2v) is 4.92. The summed E-state index contributed by atoms with van der Waals surface area (Å²) in [6.07, 6.45) is 0.0711. The smallest absolute Gasteiger partial charge is 0.268 e. The number of aromatic nitrogens is 2. The molecule has 1 N–H and O–H groups in total. The summed E-state index contributed by atoms with van der Waals surface area (Å²) < 4.78 is 13.8. The highest BCUT2D eigenvalue weighted by molar-refractivity contribution is 5.80. The molecule has 0 fully saturated rings. The quantitative estimate of drug-likeness (QED) is 0.916.